The number of carbonyl (C=O) groups excluding carboxylic acids is 1. The number of nitrogens with zero attached hydrogens (tertiary/aromatic N) is 3. The molecule has 0 aliphatic rings. The number of ether oxygens (including phenoxy) is 3. The lowest BCUT2D eigenvalue weighted by Crippen LogP contribution is -2.04. The zero-order valence-corrected chi connectivity index (χ0v) is 16.2. The highest BCUT2D eigenvalue weighted by Crippen LogP contribution is 2.27. The van der Waals surface area contributed by atoms with E-state index in [1.54, 1.807) is 18.2 Å². The van der Waals surface area contributed by atoms with Crippen molar-refractivity contribution in [1.82, 2.24) is 15.0 Å². The normalized spacial score (nSPS) is 10.7. The topological polar surface area (TPSA) is 95.7 Å². The van der Waals surface area contributed by atoms with E-state index in [4.69, 9.17) is 14.2 Å². The molecule has 0 aliphatic carbocycles. The van der Waals surface area contributed by atoms with Gasteiger partial charge in [0.05, 0.1) is 19.8 Å². The van der Waals surface area contributed by atoms with Gasteiger partial charge in [0.1, 0.15) is 34.0 Å². The number of hydrogen-bond acceptors (Lipinski definition) is 7. The Kier molecular flexibility index (Phi) is 6.67. The van der Waals surface area contributed by atoms with Crippen molar-refractivity contribution in [3.63, 3.8) is 0 Å². The van der Waals surface area contributed by atoms with Crippen molar-refractivity contribution < 1.29 is 24.1 Å². The third-order valence-electron chi connectivity index (χ3n) is 4.04. The van der Waals surface area contributed by atoms with Crippen LogP contribution in [0.25, 0.3) is 16.7 Å². The number of hydrogen-bond donors (Lipinski definition) is 1. The van der Waals surface area contributed by atoms with Gasteiger partial charge in [0.15, 0.2) is 0 Å². The van der Waals surface area contributed by atoms with Gasteiger partial charge in [-0.2, -0.15) is 0 Å². The minimum absolute atomic E-state index is 0.0323. The molecule has 0 aliphatic heterocycles. The average molecular weight is 397 g/mol. The third-order valence-corrected chi connectivity index (χ3v) is 4.04. The Labute approximate surface area is 168 Å². The summed E-state index contributed by atoms with van der Waals surface area (Å²) in [6, 6.07) is 10.4. The van der Waals surface area contributed by atoms with Crippen LogP contribution in [0, 0.1) is 0 Å². The summed E-state index contributed by atoms with van der Waals surface area (Å²) in [7, 11) is 0. The van der Waals surface area contributed by atoms with Crippen molar-refractivity contribution in [3.05, 3.63) is 49.1 Å². The molecule has 3 rings (SSSR count). The minimum Gasteiger partial charge on any atom is -0.505 e. The number of esters is 1. The second kappa shape index (κ2) is 9.59. The SMILES string of the molecule is C=CC(=O)OCCCCOc1ccc2nn(-c3ccc(OCC)cc3O)nc2c1. The summed E-state index contributed by atoms with van der Waals surface area (Å²) in [6.45, 7) is 6.58. The Morgan fingerprint density at radius 1 is 1.07 bits per heavy atom. The summed E-state index contributed by atoms with van der Waals surface area (Å²) in [5.74, 6) is 0.867. The van der Waals surface area contributed by atoms with E-state index >= 15 is 0 Å². The number of rotatable bonds is 10. The molecule has 3 aromatic rings. The maximum absolute atomic E-state index is 11.0. The summed E-state index contributed by atoms with van der Waals surface area (Å²) in [6.07, 6.45) is 2.59. The number of unbranched alkanes of at least 4 members (excludes halogenated alkanes) is 1. The van der Waals surface area contributed by atoms with Crippen LogP contribution in [0.2, 0.25) is 0 Å². The van der Waals surface area contributed by atoms with E-state index in [2.05, 4.69) is 16.8 Å². The number of carbonyl (C=O) groups is 1. The van der Waals surface area contributed by atoms with Gasteiger partial charge in [0.25, 0.3) is 0 Å². The van der Waals surface area contributed by atoms with Gasteiger partial charge >= 0.3 is 5.97 Å². The Bertz CT molecular complexity index is 999. The zero-order valence-electron chi connectivity index (χ0n) is 16.2. The lowest BCUT2D eigenvalue weighted by molar-refractivity contribution is -0.137. The number of phenols is 1. The van der Waals surface area contributed by atoms with E-state index in [9.17, 15) is 9.90 Å². The predicted molar refractivity (Wildman–Crippen MR) is 108 cm³/mol. The summed E-state index contributed by atoms with van der Waals surface area (Å²) < 4.78 is 16.0. The van der Waals surface area contributed by atoms with Gasteiger partial charge < -0.3 is 19.3 Å². The van der Waals surface area contributed by atoms with Crippen LogP contribution >= 0.6 is 0 Å². The number of fused-ring (bicyclic) bond motifs is 1. The van der Waals surface area contributed by atoms with Crippen molar-refractivity contribution in [2.75, 3.05) is 19.8 Å². The Hall–Kier alpha value is -3.55. The predicted octanol–water partition coefficient (Wildman–Crippen LogP) is 3.41. The number of aromatic nitrogens is 3. The standard InChI is InChI=1S/C21H23N3O5/c1-3-21(26)29-12-6-5-11-28-15-7-9-17-18(13-15)23-24(22-17)19-10-8-16(27-4-2)14-20(19)25/h3,7-10,13-14,25H,1,4-6,11-12H2,2H3. The van der Waals surface area contributed by atoms with Gasteiger partial charge in [0.2, 0.25) is 0 Å². The first kappa shape index (κ1) is 20.2. The van der Waals surface area contributed by atoms with E-state index in [1.165, 1.54) is 10.9 Å². The molecule has 2 aromatic carbocycles. The summed E-state index contributed by atoms with van der Waals surface area (Å²) in [5, 5.41) is 19.1. The van der Waals surface area contributed by atoms with Crippen molar-refractivity contribution in [1.29, 1.82) is 0 Å². The highest BCUT2D eigenvalue weighted by atomic mass is 16.5. The van der Waals surface area contributed by atoms with E-state index < -0.39 is 5.97 Å². The van der Waals surface area contributed by atoms with E-state index in [0.717, 1.165) is 12.5 Å². The van der Waals surface area contributed by atoms with E-state index in [1.807, 2.05) is 19.1 Å². The molecule has 1 heterocycles. The first-order valence-electron chi connectivity index (χ1n) is 9.36. The molecule has 0 fully saturated rings. The van der Waals surface area contributed by atoms with Crippen LogP contribution in [0.1, 0.15) is 19.8 Å². The summed E-state index contributed by atoms with van der Waals surface area (Å²) >= 11 is 0. The van der Waals surface area contributed by atoms with E-state index in [0.29, 0.717) is 54.5 Å². The molecule has 0 saturated carbocycles. The molecule has 1 aromatic heterocycles. The fraction of sp³-hybridized carbons (Fsp3) is 0.286. The van der Waals surface area contributed by atoms with Gasteiger partial charge in [-0.3, -0.25) is 0 Å². The number of phenolic OH excluding ortho intramolecular Hbond substituents is 1. The highest BCUT2D eigenvalue weighted by molar-refractivity contribution is 5.81. The van der Waals surface area contributed by atoms with Gasteiger partial charge in [0, 0.05) is 18.2 Å². The van der Waals surface area contributed by atoms with Crippen molar-refractivity contribution in [3.8, 4) is 22.9 Å². The Balaban J connectivity index is 1.61. The van der Waals surface area contributed by atoms with Crippen molar-refractivity contribution >= 4 is 17.0 Å². The van der Waals surface area contributed by atoms with Crippen LogP contribution in [0.4, 0.5) is 0 Å². The van der Waals surface area contributed by atoms with E-state index in [-0.39, 0.29) is 5.75 Å². The molecule has 8 heteroatoms. The minimum atomic E-state index is -0.418. The van der Waals surface area contributed by atoms with Crippen LogP contribution < -0.4 is 9.47 Å². The van der Waals surface area contributed by atoms with Crippen LogP contribution in [0.15, 0.2) is 49.1 Å². The molecule has 0 saturated heterocycles. The molecule has 0 amide bonds. The van der Waals surface area contributed by atoms with Gasteiger partial charge in [-0.25, -0.2) is 4.79 Å². The fourth-order valence-corrected chi connectivity index (χ4v) is 2.65. The molecule has 29 heavy (non-hydrogen) atoms. The molecule has 0 spiro atoms. The molecule has 152 valence electrons. The molecule has 8 nitrogen and oxygen atoms in total. The third kappa shape index (κ3) is 5.25. The monoisotopic (exact) mass is 397 g/mol. The van der Waals surface area contributed by atoms with Crippen LogP contribution in [0.3, 0.4) is 0 Å². The lowest BCUT2D eigenvalue weighted by atomic mass is 10.3. The van der Waals surface area contributed by atoms with Crippen molar-refractivity contribution in [2.45, 2.75) is 19.8 Å². The van der Waals surface area contributed by atoms with Crippen LogP contribution in [-0.2, 0) is 9.53 Å². The van der Waals surface area contributed by atoms with Gasteiger partial charge in [-0.1, -0.05) is 6.58 Å². The molecule has 0 bridgehead atoms. The summed E-state index contributed by atoms with van der Waals surface area (Å²) in [5.41, 5.74) is 1.79. The first-order valence-corrected chi connectivity index (χ1v) is 9.36. The van der Waals surface area contributed by atoms with Crippen LogP contribution in [0.5, 0.6) is 17.2 Å². The average Bonchev–Trinajstić information content (AvgIpc) is 3.13. The van der Waals surface area contributed by atoms with Crippen molar-refractivity contribution in [2.24, 2.45) is 0 Å². The van der Waals surface area contributed by atoms with Crippen LogP contribution in [-0.4, -0.2) is 45.9 Å². The lowest BCUT2D eigenvalue weighted by Gasteiger charge is -2.06. The maximum atomic E-state index is 11.0. The second-order valence-corrected chi connectivity index (χ2v) is 6.15. The molecule has 0 radical (unpaired) electrons. The second-order valence-electron chi connectivity index (χ2n) is 6.15. The first-order chi connectivity index (χ1) is 14.1. The molecule has 1 N–H and O–H groups in total. The molecular weight excluding hydrogens is 374 g/mol. The highest BCUT2D eigenvalue weighted by Gasteiger charge is 2.11. The number of benzene rings is 2. The quantitative estimate of drug-likeness (QED) is 0.318. The molecule has 0 unspecified atom stereocenters. The molecule has 0 atom stereocenters. The largest absolute Gasteiger partial charge is 0.505 e. The number of aromatic hydroxyl groups is 1. The fourth-order valence-electron chi connectivity index (χ4n) is 2.65. The van der Waals surface area contributed by atoms with Gasteiger partial charge in [-0.15, -0.1) is 15.0 Å². The molecular formula is C21H23N3O5. The Morgan fingerprint density at radius 2 is 1.79 bits per heavy atom. The smallest absolute Gasteiger partial charge is 0.330 e. The zero-order chi connectivity index (χ0) is 20.6. The van der Waals surface area contributed by atoms with Gasteiger partial charge in [-0.05, 0) is 44.0 Å². The Morgan fingerprint density at radius 3 is 2.55 bits per heavy atom. The summed E-state index contributed by atoms with van der Waals surface area (Å²) in [4.78, 5) is 12.3. The maximum Gasteiger partial charge on any atom is 0.330 e.